The van der Waals surface area contributed by atoms with Gasteiger partial charge in [0.1, 0.15) is 5.56 Å². The van der Waals surface area contributed by atoms with Crippen LogP contribution in [0, 0.1) is 6.92 Å². The fraction of sp³-hybridized carbons (Fsp3) is 0.333. The van der Waals surface area contributed by atoms with Crippen LogP contribution in [0.3, 0.4) is 0 Å². The van der Waals surface area contributed by atoms with Crippen molar-refractivity contribution in [2.24, 2.45) is 0 Å². The molecular weight excluding hydrogens is 296 g/mol. The largest absolute Gasteiger partial charge is 0.347 e. The summed E-state index contributed by atoms with van der Waals surface area (Å²) in [4.78, 5) is 32.9. The van der Waals surface area contributed by atoms with Gasteiger partial charge in [-0.15, -0.1) is 0 Å². The minimum absolute atomic E-state index is 0.0217. The molecule has 0 unspecified atom stereocenters. The van der Waals surface area contributed by atoms with Gasteiger partial charge in [0.15, 0.2) is 5.65 Å². The Hall–Kier alpha value is -2.90. The first-order valence-electron chi connectivity index (χ1n) is 7.42. The van der Waals surface area contributed by atoms with E-state index in [1.165, 1.54) is 10.7 Å². The summed E-state index contributed by atoms with van der Waals surface area (Å²) in [6.45, 7) is 4.40. The standard InChI is InChI=1S/C15H18N6O2/c1-3-11(8-20-5-4-16-9-20)18-14(22)12-7-17-13-6-10(2)19-21(13)15(12)23/h4-7,9,11,19H,3,8H2,1-2H3,(H,18,22)/t11-/m0/s1. The highest BCUT2D eigenvalue weighted by Gasteiger charge is 2.17. The van der Waals surface area contributed by atoms with Gasteiger partial charge in [-0.1, -0.05) is 6.92 Å². The lowest BCUT2D eigenvalue weighted by Gasteiger charge is -2.17. The van der Waals surface area contributed by atoms with E-state index in [-0.39, 0.29) is 11.6 Å². The van der Waals surface area contributed by atoms with Gasteiger partial charge in [0.25, 0.3) is 11.5 Å². The molecule has 120 valence electrons. The van der Waals surface area contributed by atoms with Gasteiger partial charge in [-0.3, -0.25) is 14.7 Å². The number of amides is 1. The molecule has 3 heterocycles. The van der Waals surface area contributed by atoms with Crippen LogP contribution < -0.4 is 10.9 Å². The van der Waals surface area contributed by atoms with Crippen LogP contribution >= 0.6 is 0 Å². The Morgan fingerprint density at radius 2 is 2.30 bits per heavy atom. The average molecular weight is 314 g/mol. The van der Waals surface area contributed by atoms with Crippen molar-refractivity contribution in [1.29, 1.82) is 0 Å². The van der Waals surface area contributed by atoms with E-state index >= 15 is 0 Å². The Morgan fingerprint density at radius 3 is 3.00 bits per heavy atom. The van der Waals surface area contributed by atoms with Crippen molar-refractivity contribution in [2.45, 2.75) is 32.9 Å². The van der Waals surface area contributed by atoms with E-state index in [2.05, 4.69) is 20.4 Å². The quantitative estimate of drug-likeness (QED) is 0.725. The third-order valence-electron chi connectivity index (χ3n) is 3.69. The number of carbonyl (C=O) groups excluding carboxylic acids is 1. The summed E-state index contributed by atoms with van der Waals surface area (Å²) >= 11 is 0. The SMILES string of the molecule is CC[C@@H](Cn1ccnc1)NC(=O)c1cnc2cc(C)[nH]n2c1=O. The van der Waals surface area contributed by atoms with Gasteiger partial charge in [-0.25, -0.2) is 14.5 Å². The Bertz CT molecular complexity index is 877. The van der Waals surface area contributed by atoms with Crippen LogP contribution in [0.2, 0.25) is 0 Å². The van der Waals surface area contributed by atoms with Crippen molar-refractivity contribution >= 4 is 11.6 Å². The summed E-state index contributed by atoms with van der Waals surface area (Å²) in [7, 11) is 0. The van der Waals surface area contributed by atoms with E-state index in [4.69, 9.17) is 0 Å². The zero-order chi connectivity index (χ0) is 16.4. The van der Waals surface area contributed by atoms with Gasteiger partial charge in [-0.05, 0) is 13.3 Å². The van der Waals surface area contributed by atoms with Gasteiger partial charge in [0, 0.05) is 42.9 Å². The molecule has 1 atom stereocenters. The molecule has 0 radical (unpaired) electrons. The molecular formula is C15H18N6O2. The predicted octanol–water partition coefficient (Wildman–Crippen LogP) is 0.736. The van der Waals surface area contributed by atoms with Crippen molar-refractivity contribution < 1.29 is 4.79 Å². The molecule has 0 aliphatic carbocycles. The van der Waals surface area contributed by atoms with Gasteiger partial charge in [0.2, 0.25) is 0 Å². The summed E-state index contributed by atoms with van der Waals surface area (Å²) in [5.41, 5.74) is 0.916. The molecule has 0 aromatic carbocycles. The lowest BCUT2D eigenvalue weighted by molar-refractivity contribution is 0.0929. The molecule has 0 saturated heterocycles. The highest BCUT2D eigenvalue weighted by atomic mass is 16.2. The van der Waals surface area contributed by atoms with E-state index in [0.29, 0.717) is 12.2 Å². The molecule has 0 fully saturated rings. The van der Waals surface area contributed by atoms with E-state index in [9.17, 15) is 9.59 Å². The van der Waals surface area contributed by atoms with E-state index in [1.807, 2.05) is 24.6 Å². The fourth-order valence-corrected chi connectivity index (χ4v) is 2.43. The number of aromatic nitrogens is 5. The summed E-state index contributed by atoms with van der Waals surface area (Å²) < 4.78 is 3.16. The molecule has 0 aliphatic rings. The number of hydrogen-bond acceptors (Lipinski definition) is 4. The number of rotatable bonds is 5. The molecule has 0 bridgehead atoms. The minimum atomic E-state index is -0.420. The normalized spacial score (nSPS) is 12.4. The lowest BCUT2D eigenvalue weighted by atomic mass is 10.2. The van der Waals surface area contributed by atoms with E-state index in [0.717, 1.165) is 12.1 Å². The number of carbonyl (C=O) groups is 1. The number of nitrogens with one attached hydrogen (secondary N) is 2. The van der Waals surface area contributed by atoms with Crippen LogP contribution in [0.15, 0.2) is 35.8 Å². The third kappa shape index (κ3) is 3.01. The van der Waals surface area contributed by atoms with Crippen molar-refractivity contribution in [3.8, 4) is 0 Å². The first-order chi connectivity index (χ1) is 11.1. The van der Waals surface area contributed by atoms with Crippen molar-refractivity contribution in [3.05, 3.63) is 52.6 Å². The third-order valence-corrected chi connectivity index (χ3v) is 3.69. The molecule has 8 heteroatoms. The molecule has 0 spiro atoms. The number of fused-ring (bicyclic) bond motifs is 1. The highest BCUT2D eigenvalue weighted by Crippen LogP contribution is 2.02. The Morgan fingerprint density at radius 1 is 1.48 bits per heavy atom. The van der Waals surface area contributed by atoms with Gasteiger partial charge < -0.3 is 9.88 Å². The molecule has 0 aliphatic heterocycles. The van der Waals surface area contributed by atoms with Crippen LogP contribution in [0.1, 0.15) is 29.4 Å². The maximum atomic E-state index is 12.4. The van der Waals surface area contributed by atoms with Crippen molar-refractivity contribution in [1.82, 2.24) is 29.5 Å². The maximum absolute atomic E-state index is 12.4. The summed E-state index contributed by atoms with van der Waals surface area (Å²) in [5, 5.41) is 5.75. The number of aryl methyl sites for hydroxylation is 1. The molecule has 3 aromatic rings. The number of imidazole rings is 1. The average Bonchev–Trinajstić information content (AvgIpc) is 3.15. The maximum Gasteiger partial charge on any atom is 0.285 e. The number of aromatic amines is 1. The number of nitrogens with zero attached hydrogens (tertiary/aromatic N) is 4. The Balaban J connectivity index is 1.82. The first-order valence-corrected chi connectivity index (χ1v) is 7.42. The smallest absolute Gasteiger partial charge is 0.285 e. The first kappa shape index (κ1) is 15.0. The second-order valence-corrected chi connectivity index (χ2v) is 5.45. The van der Waals surface area contributed by atoms with E-state index in [1.54, 1.807) is 18.6 Å². The molecule has 3 rings (SSSR count). The lowest BCUT2D eigenvalue weighted by Crippen LogP contribution is -2.40. The minimum Gasteiger partial charge on any atom is -0.347 e. The van der Waals surface area contributed by atoms with Gasteiger partial charge in [-0.2, -0.15) is 0 Å². The van der Waals surface area contributed by atoms with Crippen molar-refractivity contribution in [2.75, 3.05) is 0 Å². The van der Waals surface area contributed by atoms with Crippen LogP contribution in [-0.2, 0) is 6.54 Å². The molecule has 2 N–H and O–H groups in total. The fourth-order valence-electron chi connectivity index (χ4n) is 2.43. The summed E-state index contributed by atoms with van der Waals surface area (Å²) in [6, 6.07) is 1.65. The topological polar surface area (TPSA) is 97.1 Å². The molecule has 1 amide bonds. The number of H-pyrrole nitrogens is 1. The Kier molecular flexibility index (Phi) is 3.96. The van der Waals surface area contributed by atoms with Gasteiger partial charge >= 0.3 is 0 Å². The molecule has 3 aromatic heterocycles. The predicted molar refractivity (Wildman–Crippen MR) is 84.3 cm³/mol. The molecule has 8 nitrogen and oxygen atoms in total. The highest BCUT2D eigenvalue weighted by molar-refractivity contribution is 5.93. The Labute approximate surface area is 132 Å². The van der Waals surface area contributed by atoms with Crippen LogP contribution in [-0.4, -0.2) is 36.1 Å². The van der Waals surface area contributed by atoms with Crippen LogP contribution in [0.5, 0.6) is 0 Å². The zero-order valence-electron chi connectivity index (χ0n) is 13.0. The molecule has 23 heavy (non-hydrogen) atoms. The summed E-state index contributed by atoms with van der Waals surface area (Å²) in [6.07, 6.45) is 7.27. The van der Waals surface area contributed by atoms with Crippen LogP contribution in [0.4, 0.5) is 0 Å². The molecule has 0 saturated carbocycles. The van der Waals surface area contributed by atoms with E-state index < -0.39 is 11.5 Å². The second kappa shape index (κ2) is 6.07. The van der Waals surface area contributed by atoms with Crippen LogP contribution in [0.25, 0.3) is 5.65 Å². The zero-order valence-corrected chi connectivity index (χ0v) is 13.0. The van der Waals surface area contributed by atoms with Gasteiger partial charge in [0.05, 0.1) is 6.33 Å². The monoisotopic (exact) mass is 314 g/mol. The van der Waals surface area contributed by atoms with Crippen molar-refractivity contribution in [3.63, 3.8) is 0 Å². The summed E-state index contributed by atoms with van der Waals surface area (Å²) in [5.74, 6) is -0.420. The number of hydrogen-bond donors (Lipinski definition) is 2. The second-order valence-electron chi connectivity index (χ2n) is 5.45.